The lowest BCUT2D eigenvalue weighted by Crippen LogP contribution is -1.96. The van der Waals surface area contributed by atoms with Gasteiger partial charge >= 0.3 is 0 Å². The summed E-state index contributed by atoms with van der Waals surface area (Å²) in [7, 11) is 0. The molecule has 1 N–H and O–H groups in total. The van der Waals surface area contributed by atoms with Gasteiger partial charge in [0.1, 0.15) is 0 Å². The summed E-state index contributed by atoms with van der Waals surface area (Å²) >= 11 is 0. The molecule has 0 saturated carbocycles. The Morgan fingerprint density at radius 2 is 1.74 bits per heavy atom. The maximum Gasteiger partial charge on any atom is 0.187 e. The molecule has 0 bridgehead atoms. The zero-order valence-electron chi connectivity index (χ0n) is 11.0. The Morgan fingerprint density at radius 1 is 1.05 bits per heavy atom. The van der Waals surface area contributed by atoms with Crippen molar-refractivity contribution in [1.82, 2.24) is 0 Å². The summed E-state index contributed by atoms with van der Waals surface area (Å²) < 4.78 is 0. The van der Waals surface area contributed by atoms with Gasteiger partial charge in [-0.25, -0.2) is 0 Å². The third kappa shape index (κ3) is 3.81. The topological polar surface area (TPSA) is 29.1 Å². The van der Waals surface area contributed by atoms with Crippen LogP contribution in [0.4, 0.5) is 5.69 Å². The molecule has 96 valence electrons. The highest BCUT2D eigenvalue weighted by Crippen LogP contribution is 2.07. The van der Waals surface area contributed by atoms with Gasteiger partial charge in [0, 0.05) is 23.5 Å². The largest absolute Gasteiger partial charge is 0.362 e. The zero-order chi connectivity index (χ0) is 13.5. The molecular weight excluding hydrogens is 234 g/mol. The third-order valence-corrected chi connectivity index (χ3v) is 2.91. The average Bonchev–Trinajstić information content (AvgIpc) is 2.48. The fourth-order valence-electron chi connectivity index (χ4n) is 1.75. The molecule has 0 radical (unpaired) electrons. The van der Waals surface area contributed by atoms with Crippen LogP contribution in [0.5, 0.6) is 0 Å². The minimum Gasteiger partial charge on any atom is -0.362 e. The number of ketones is 1. The molecule has 0 amide bonds. The van der Waals surface area contributed by atoms with Crippen molar-refractivity contribution in [2.45, 2.75) is 13.3 Å². The van der Waals surface area contributed by atoms with Crippen molar-refractivity contribution in [2.75, 3.05) is 5.32 Å². The van der Waals surface area contributed by atoms with E-state index in [1.807, 2.05) is 54.6 Å². The molecule has 0 heterocycles. The number of carbonyl (C=O) groups excluding carboxylic acids is 1. The van der Waals surface area contributed by atoms with E-state index in [1.165, 1.54) is 5.56 Å². The van der Waals surface area contributed by atoms with Crippen LogP contribution >= 0.6 is 0 Å². The average molecular weight is 251 g/mol. The van der Waals surface area contributed by atoms with Crippen molar-refractivity contribution in [3.8, 4) is 0 Å². The maximum atomic E-state index is 11.9. The van der Waals surface area contributed by atoms with Crippen molar-refractivity contribution >= 4 is 11.5 Å². The van der Waals surface area contributed by atoms with Crippen LogP contribution in [0.25, 0.3) is 0 Å². The standard InChI is InChI=1S/C17H17NO/c1-2-14-8-10-15(11-9-14)17(19)12-13-18-16-6-4-3-5-7-16/h3-13,18H,2H2,1H3/b13-12-. The fraction of sp³-hybridized carbons (Fsp3) is 0.118. The third-order valence-electron chi connectivity index (χ3n) is 2.91. The number of carbonyl (C=O) groups is 1. The van der Waals surface area contributed by atoms with Gasteiger partial charge in [0.05, 0.1) is 0 Å². The number of hydrogen-bond acceptors (Lipinski definition) is 2. The Hall–Kier alpha value is -2.35. The second-order valence-corrected chi connectivity index (χ2v) is 4.26. The van der Waals surface area contributed by atoms with Gasteiger partial charge in [-0.1, -0.05) is 49.4 Å². The lowest BCUT2D eigenvalue weighted by Gasteiger charge is -2.00. The number of hydrogen-bond donors (Lipinski definition) is 1. The molecule has 0 fully saturated rings. The van der Waals surface area contributed by atoms with E-state index >= 15 is 0 Å². The number of anilines is 1. The number of rotatable bonds is 5. The second-order valence-electron chi connectivity index (χ2n) is 4.26. The van der Waals surface area contributed by atoms with Gasteiger partial charge in [0.25, 0.3) is 0 Å². The summed E-state index contributed by atoms with van der Waals surface area (Å²) in [5, 5.41) is 3.07. The van der Waals surface area contributed by atoms with Crippen molar-refractivity contribution in [3.05, 3.63) is 78.0 Å². The molecule has 0 aliphatic carbocycles. The SMILES string of the molecule is CCc1ccc(C(=O)/C=C\Nc2ccccc2)cc1. The van der Waals surface area contributed by atoms with Crippen LogP contribution in [0.3, 0.4) is 0 Å². The predicted octanol–water partition coefficient (Wildman–Crippen LogP) is 4.06. The predicted molar refractivity (Wildman–Crippen MR) is 79.4 cm³/mol. The quantitative estimate of drug-likeness (QED) is 0.641. The van der Waals surface area contributed by atoms with E-state index in [1.54, 1.807) is 12.3 Å². The van der Waals surface area contributed by atoms with Crippen LogP contribution < -0.4 is 5.32 Å². The maximum absolute atomic E-state index is 11.9. The molecule has 2 rings (SSSR count). The summed E-state index contributed by atoms with van der Waals surface area (Å²) in [5.41, 5.74) is 2.92. The van der Waals surface area contributed by atoms with Crippen LogP contribution in [0.2, 0.25) is 0 Å². The Labute approximate surface area is 113 Å². The van der Waals surface area contributed by atoms with Gasteiger partial charge in [0.15, 0.2) is 5.78 Å². The minimum absolute atomic E-state index is 0.00563. The van der Waals surface area contributed by atoms with E-state index in [2.05, 4.69) is 12.2 Å². The first-order valence-corrected chi connectivity index (χ1v) is 6.41. The summed E-state index contributed by atoms with van der Waals surface area (Å²) in [6.45, 7) is 2.10. The van der Waals surface area contributed by atoms with Crippen molar-refractivity contribution in [2.24, 2.45) is 0 Å². The second kappa shape index (κ2) is 6.55. The van der Waals surface area contributed by atoms with Crippen molar-refractivity contribution in [1.29, 1.82) is 0 Å². The van der Waals surface area contributed by atoms with Crippen LogP contribution in [-0.2, 0) is 6.42 Å². The highest BCUT2D eigenvalue weighted by molar-refractivity contribution is 6.04. The zero-order valence-corrected chi connectivity index (χ0v) is 11.0. The normalized spacial score (nSPS) is 10.6. The van der Waals surface area contributed by atoms with E-state index in [0.717, 1.165) is 12.1 Å². The fourth-order valence-corrected chi connectivity index (χ4v) is 1.75. The van der Waals surface area contributed by atoms with E-state index in [-0.39, 0.29) is 5.78 Å². The first kappa shape index (κ1) is 13.1. The van der Waals surface area contributed by atoms with Crippen LogP contribution in [0, 0.1) is 0 Å². The van der Waals surface area contributed by atoms with Crippen molar-refractivity contribution < 1.29 is 4.79 Å². The van der Waals surface area contributed by atoms with Gasteiger partial charge in [-0.3, -0.25) is 4.79 Å². The summed E-state index contributed by atoms with van der Waals surface area (Å²) in [6, 6.07) is 17.5. The number of allylic oxidation sites excluding steroid dienone is 1. The summed E-state index contributed by atoms with van der Waals surface area (Å²) in [5.74, 6) is 0.00563. The number of aryl methyl sites for hydroxylation is 1. The highest BCUT2D eigenvalue weighted by Gasteiger charge is 2.00. The molecule has 0 aliphatic rings. The minimum atomic E-state index is 0.00563. The summed E-state index contributed by atoms with van der Waals surface area (Å²) in [6.07, 6.45) is 4.21. The van der Waals surface area contributed by atoms with E-state index in [4.69, 9.17) is 0 Å². The molecule has 2 nitrogen and oxygen atoms in total. The molecular formula is C17H17NO. The molecule has 0 spiro atoms. The molecule has 0 aromatic heterocycles. The monoisotopic (exact) mass is 251 g/mol. The van der Waals surface area contributed by atoms with E-state index < -0.39 is 0 Å². The molecule has 2 heteroatoms. The molecule has 2 aromatic carbocycles. The molecule has 0 saturated heterocycles. The van der Waals surface area contributed by atoms with E-state index in [9.17, 15) is 4.79 Å². The van der Waals surface area contributed by atoms with E-state index in [0.29, 0.717) is 5.56 Å². The van der Waals surface area contributed by atoms with Gasteiger partial charge in [-0.05, 0) is 24.1 Å². The van der Waals surface area contributed by atoms with Crippen molar-refractivity contribution in [3.63, 3.8) is 0 Å². The summed E-state index contributed by atoms with van der Waals surface area (Å²) in [4.78, 5) is 11.9. The van der Waals surface area contributed by atoms with Gasteiger partial charge in [0.2, 0.25) is 0 Å². The van der Waals surface area contributed by atoms with Gasteiger partial charge < -0.3 is 5.32 Å². The van der Waals surface area contributed by atoms with Gasteiger partial charge in [-0.2, -0.15) is 0 Å². The van der Waals surface area contributed by atoms with Crippen LogP contribution in [-0.4, -0.2) is 5.78 Å². The lowest BCUT2D eigenvalue weighted by molar-refractivity contribution is 0.104. The Morgan fingerprint density at radius 3 is 2.37 bits per heavy atom. The Kier molecular flexibility index (Phi) is 4.51. The molecule has 0 atom stereocenters. The Bertz CT molecular complexity index is 556. The smallest absolute Gasteiger partial charge is 0.187 e. The number of para-hydroxylation sites is 1. The molecule has 2 aromatic rings. The molecule has 0 unspecified atom stereocenters. The number of nitrogens with one attached hydrogen (secondary N) is 1. The Balaban J connectivity index is 1.96. The number of benzene rings is 2. The lowest BCUT2D eigenvalue weighted by atomic mass is 10.1. The highest BCUT2D eigenvalue weighted by atomic mass is 16.1. The molecule has 0 aliphatic heterocycles. The molecule has 19 heavy (non-hydrogen) atoms. The first-order valence-electron chi connectivity index (χ1n) is 6.41. The van der Waals surface area contributed by atoms with Crippen LogP contribution in [0.15, 0.2) is 66.9 Å². The first-order chi connectivity index (χ1) is 9.29. The van der Waals surface area contributed by atoms with Crippen LogP contribution in [0.1, 0.15) is 22.8 Å². The van der Waals surface area contributed by atoms with Gasteiger partial charge in [-0.15, -0.1) is 0 Å².